The van der Waals surface area contributed by atoms with Crippen molar-refractivity contribution < 1.29 is 4.42 Å². The van der Waals surface area contributed by atoms with E-state index in [9.17, 15) is 0 Å². The zero-order valence-electron chi connectivity index (χ0n) is 27.2. The molecule has 0 atom stereocenters. The van der Waals surface area contributed by atoms with Crippen molar-refractivity contribution in [2.24, 2.45) is 0 Å². The molecule has 4 aromatic heterocycles. The van der Waals surface area contributed by atoms with Gasteiger partial charge in [-0.15, -0.1) is 0 Å². The summed E-state index contributed by atoms with van der Waals surface area (Å²) in [5.41, 5.74) is 8.90. The van der Waals surface area contributed by atoms with Gasteiger partial charge in [-0.05, 0) is 48.5 Å². The highest BCUT2D eigenvalue weighted by Gasteiger charge is 2.23. The molecule has 0 saturated carbocycles. The summed E-state index contributed by atoms with van der Waals surface area (Å²) in [4.78, 5) is 15.5. The number of rotatable bonds is 4. The molecule has 0 aliphatic rings. The van der Waals surface area contributed by atoms with Crippen molar-refractivity contribution in [2.75, 3.05) is 0 Å². The average molecular weight is 654 g/mol. The standard InChI is InChI=1S/C45H27N5O/c1-3-13-28(14-4-1)43-46-44(29-23-24-33-32-18-9-12-22-39(32)51-40(33)27-29)48-45(47-43)50-37-21-11-8-19-35(37)41-38(50)26-25-34-31-17-7-10-20-36(31)49(42(34)41)30-15-5-2-6-16-30/h1-27H. The maximum atomic E-state index is 6.28. The summed E-state index contributed by atoms with van der Waals surface area (Å²) < 4.78 is 10.9. The third kappa shape index (κ3) is 4.14. The second-order valence-electron chi connectivity index (χ2n) is 12.9. The summed E-state index contributed by atoms with van der Waals surface area (Å²) in [5.74, 6) is 1.73. The minimum Gasteiger partial charge on any atom is -0.456 e. The van der Waals surface area contributed by atoms with Gasteiger partial charge in [-0.1, -0.05) is 115 Å². The molecule has 4 heterocycles. The minimum absolute atomic E-state index is 0.552. The summed E-state index contributed by atoms with van der Waals surface area (Å²) in [5, 5.41) is 6.84. The summed E-state index contributed by atoms with van der Waals surface area (Å²) in [7, 11) is 0. The monoisotopic (exact) mass is 653 g/mol. The second kappa shape index (κ2) is 10.7. The van der Waals surface area contributed by atoms with E-state index in [2.05, 4.69) is 118 Å². The van der Waals surface area contributed by atoms with Gasteiger partial charge in [0.05, 0.1) is 22.1 Å². The molecule has 0 amide bonds. The number of benzene rings is 7. The van der Waals surface area contributed by atoms with E-state index in [0.29, 0.717) is 17.6 Å². The van der Waals surface area contributed by atoms with E-state index in [0.717, 1.165) is 71.6 Å². The van der Waals surface area contributed by atoms with E-state index < -0.39 is 0 Å². The predicted molar refractivity (Wildman–Crippen MR) is 207 cm³/mol. The lowest BCUT2D eigenvalue weighted by atomic mass is 10.1. The van der Waals surface area contributed by atoms with E-state index in [4.69, 9.17) is 19.4 Å². The molecule has 0 aliphatic carbocycles. The van der Waals surface area contributed by atoms with Crippen molar-refractivity contribution >= 4 is 65.6 Å². The summed E-state index contributed by atoms with van der Waals surface area (Å²) in [6, 6.07) is 56.7. The molecule has 0 spiro atoms. The molecular formula is C45H27N5O. The van der Waals surface area contributed by atoms with Crippen molar-refractivity contribution in [3.8, 4) is 34.4 Å². The Kier molecular flexibility index (Phi) is 5.86. The number of aromatic nitrogens is 5. The van der Waals surface area contributed by atoms with E-state index >= 15 is 0 Å². The fourth-order valence-electron chi connectivity index (χ4n) is 7.74. The van der Waals surface area contributed by atoms with Crippen LogP contribution in [0.5, 0.6) is 0 Å². The third-order valence-electron chi connectivity index (χ3n) is 9.98. The van der Waals surface area contributed by atoms with Crippen LogP contribution in [0.3, 0.4) is 0 Å². The number of hydrogen-bond acceptors (Lipinski definition) is 4. The van der Waals surface area contributed by atoms with Crippen LogP contribution in [0.4, 0.5) is 0 Å². The zero-order chi connectivity index (χ0) is 33.5. The van der Waals surface area contributed by atoms with Crippen molar-refractivity contribution in [3.63, 3.8) is 0 Å². The lowest BCUT2D eigenvalue weighted by Gasteiger charge is -2.11. The van der Waals surface area contributed by atoms with Gasteiger partial charge in [0.15, 0.2) is 11.6 Å². The molecule has 6 nitrogen and oxygen atoms in total. The summed E-state index contributed by atoms with van der Waals surface area (Å²) in [6.45, 7) is 0. The predicted octanol–water partition coefficient (Wildman–Crippen LogP) is 11.3. The largest absolute Gasteiger partial charge is 0.456 e. The second-order valence-corrected chi connectivity index (χ2v) is 12.9. The molecule has 0 unspecified atom stereocenters. The van der Waals surface area contributed by atoms with Crippen LogP contribution in [0.1, 0.15) is 0 Å². The maximum absolute atomic E-state index is 6.28. The van der Waals surface area contributed by atoms with Crippen molar-refractivity contribution in [1.29, 1.82) is 0 Å². The van der Waals surface area contributed by atoms with Crippen LogP contribution in [-0.2, 0) is 0 Å². The fraction of sp³-hybridized carbons (Fsp3) is 0. The summed E-state index contributed by atoms with van der Waals surface area (Å²) in [6.07, 6.45) is 0. The molecule has 0 saturated heterocycles. The Morgan fingerprint density at radius 3 is 1.80 bits per heavy atom. The molecule has 238 valence electrons. The van der Waals surface area contributed by atoms with Gasteiger partial charge in [0.1, 0.15) is 11.2 Å². The molecule has 0 N–H and O–H groups in total. The number of fused-ring (bicyclic) bond motifs is 10. The molecule has 51 heavy (non-hydrogen) atoms. The molecule has 11 rings (SSSR count). The van der Waals surface area contributed by atoms with E-state index in [1.807, 2.05) is 54.6 Å². The van der Waals surface area contributed by atoms with E-state index in [1.54, 1.807) is 0 Å². The highest BCUT2D eigenvalue weighted by Crippen LogP contribution is 2.42. The molecule has 0 bridgehead atoms. The number of nitrogens with zero attached hydrogens (tertiary/aromatic N) is 5. The average Bonchev–Trinajstić information content (AvgIpc) is 3.86. The van der Waals surface area contributed by atoms with Crippen molar-refractivity contribution in [2.45, 2.75) is 0 Å². The van der Waals surface area contributed by atoms with Crippen LogP contribution in [-0.4, -0.2) is 24.1 Å². The first-order chi connectivity index (χ1) is 25.3. The van der Waals surface area contributed by atoms with Crippen molar-refractivity contribution in [1.82, 2.24) is 24.1 Å². The first-order valence-corrected chi connectivity index (χ1v) is 17.0. The highest BCUT2D eigenvalue weighted by atomic mass is 16.3. The zero-order valence-corrected chi connectivity index (χ0v) is 27.2. The Balaban J connectivity index is 1.23. The number of hydrogen-bond donors (Lipinski definition) is 0. The van der Waals surface area contributed by atoms with E-state index in [1.165, 1.54) is 10.8 Å². The van der Waals surface area contributed by atoms with Gasteiger partial charge >= 0.3 is 0 Å². The molecular weight excluding hydrogens is 627 g/mol. The Morgan fingerprint density at radius 1 is 0.392 bits per heavy atom. The Morgan fingerprint density at radius 2 is 1.00 bits per heavy atom. The molecule has 11 aromatic rings. The summed E-state index contributed by atoms with van der Waals surface area (Å²) >= 11 is 0. The van der Waals surface area contributed by atoms with Gasteiger partial charge in [0.25, 0.3) is 0 Å². The van der Waals surface area contributed by atoms with Crippen LogP contribution in [0, 0.1) is 0 Å². The van der Waals surface area contributed by atoms with Crippen molar-refractivity contribution in [3.05, 3.63) is 164 Å². The first-order valence-electron chi connectivity index (χ1n) is 17.0. The Hall–Kier alpha value is -7.05. The maximum Gasteiger partial charge on any atom is 0.238 e. The van der Waals surface area contributed by atoms with E-state index in [-0.39, 0.29) is 0 Å². The van der Waals surface area contributed by atoms with Gasteiger partial charge in [0.2, 0.25) is 5.95 Å². The fourth-order valence-corrected chi connectivity index (χ4v) is 7.74. The van der Waals surface area contributed by atoms with Gasteiger partial charge in [-0.25, -0.2) is 4.98 Å². The smallest absolute Gasteiger partial charge is 0.238 e. The highest BCUT2D eigenvalue weighted by molar-refractivity contribution is 6.26. The quantitative estimate of drug-likeness (QED) is 0.190. The molecule has 0 fully saturated rings. The topological polar surface area (TPSA) is 61.7 Å². The number of para-hydroxylation sites is 4. The Labute approximate surface area is 291 Å². The third-order valence-corrected chi connectivity index (χ3v) is 9.98. The molecule has 0 aliphatic heterocycles. The van der Waals surface area contributed by atoms with Crippen LogP contribution >= 0.6 is 0 Å². The minimum atomic E-state index is 0.552. The normalized spacial score (nSPS) is 11.9. The van der Waals surface area contributed by atoms with Crippen LogP contribution in [0.15, 0.2) is 168 Å². The van der Waals surface area contributed by atoms with Crippen LogP contribution in [0.25, 0.3) is 100.0 Å². The lowest BCUT2D eigenvalue weighted by Crippen LogP contribution is -2.06. The number of furan rings is 1. The first kappa shape index (κ1) is 27.9. The Bertz CT molecular complexity index is 3140. The molecule has 6 heteroatoms. The van der Waals surface area contributed by atoms with Gasteiger partial charge < -0.3 is 8.98 Å². The van der Waals surface area contributed by atoms with Gasteiger partial charge in [0, 0.05) is 49.1 Å². The lowest BCUT2D eigenvalue weighted by molar-refractivity contribution is 0.669. The molecule has 0 radical (unpaired) electrons. The van der Waals surface area contributed by atoms with Gasteiger partial charge in [-0.2, -0.15) is 9.97 Å². The molecule has 7 aromatic carbocycles. The SMILES string of the molecule is c1ccc(-c2nc(-c3ccc4c(c3)oc3ccccc34)nc(-n3c4ccccc4c4c3ccc3c5ccccc5n(-c5ccccc5)c34)n2)cc1. The van der Waals surface area contributed by atoms with Gasteiger partial charge in [-0.3, -0.25) is 4.57 Å². The van der Waals surface area contributed by atoms with Crippen LogP contribution in [0.2, 0.25) is 0 Å². The van der Waals surface area contributed by atoms with Crippen LogP contribution < -0.4 is 0 Å².